The van der Waals surface area contributed by atoms with Gasteiger partial charge in [-0.25, -0.2) is 0 Å². The van der Waals surface area contributed by atoms with Crippen LogP contribution in [0.5, 0.6) is 0 Å². The SMILES string of the molecule is Clc1cc(C(Br)c2cccc(Br)c2)c(Cl)s1. The molecule has 1 heterocycles. The van der Waals surface area contributed by atoms with Crippen molar-refractivity contribution in [2.45, 2.75) is 4.83 Å². The van der Waals surface area contributed by atoms with Crippen LogP contribution in [0.3, 0.4) is 0 Å². The van der Waals surface area contributed by atoms with Gasteiger partial charge in [0.1, 0.15) is 0 Å². The van der Waals surface area contributed by atoms with E-state index in [1.54, 1.807) is 0 Å². The third kappa shape index (κ3) is 2.82. The highest BCUT2D eigenvalue weighted by molar-refractivity contribution is 9.10. The fourth-order valence-electron chi connectivity index (χ4n) is 1.37. The summed E-state index contributed by atoms with van der Waals surface area (Å²) in [5, 5.41) is 0. The van der Waals surface area contributed by atoms with Gasteiger partial charge in [-0.2, -0.15) is 0 Å². The van der Waals surface area contributed by atoms with Gasteiger partial charge in [0.05, 0.1) is 13.5 Å². The van der Waals surface area contributed by atoms with Crippen LogP contribution in [0.1, 0.15) is 16.0 Å². The molecule has 0 amide bonds. The number of rotatable bonds is 2. The normalized spacial score (nSPS) is 12.8. The van der Waals surface area contributed by atoms with E-state index in [-0.39, 0.29) is 4.83 Å². The lowest BCUT2D eigenvalue weighted by Crippen LogP contribution is -1.90. The molecule has 5 heteroatoms. The Hall–Kier alpha value is 0.460. The second-order valence-corrected chi connectivity index (χ2v) is 7.31. The Morgan fingerprint density at radius 2 is 1.94 bits per heavy atom. The summed E-state index contributed by atoms with van der Waals surface area (Å²) in [6.07, 6.45) is 0. The number of halogens is 4. The summed E-state index contributed by atoms with van der Waals surface area (Å²) in [4.78, 5) is 0.0706. The second kappa shape index (κ2) is 5.40. The lowest BCUT2D eigenvalue weighted by molar-refractivity contribution is 1.19. The lowest BCUT2D eigenvalue weighted by Gasteiger charge is -2.09. The average molecular weight is 401 g/mol. The van der Waals surface area contributed by atoms with E-state index < -0.39 is 0 Å². The highest BCUT2D eigenvalue weighted by Crippen LogP contribution is 2.41. The van der Waals surface area contributed by atoms with Gasteiger partial charge in [0.15, 0.2) is 0 Å². The Kier molecular flexibility index (Phi) is 4.36. The maximum Gasteiger partial charge on any atom is 0.0990 e. The zero-order valence-corrected chi connectivity index (χ0v) is 13.4. The molecular weight excluding hydrogens is 395 g/mol. The Morgan fingerprint density at radius 1 is 1.19 bits per heavy atom. The van der Waals surface area contributed by atoms with Crippen LogP contribution in [0.15, 0.2) is 34.8 Å². The van der Waals surface area contributed by atoms with Crippen LogP contribution in [0.4, 0.5) is 0 Å². The van der Waals surface area contributed by atoms with Crippen LogP contribution in [0.25, 0.3) is 0 Å². The quantitative estimate of drug-likeness (QED) is 0.519. The van der Waals surface area contributed by atoms with Gasteiger partial charge in [-0.3, -0.25) is 0 Å². The number of hydrogen-bond donors (Lipinski definition) is 0. The van der Waals surface area contributed by atoms with E-state index in [4.69, 9.17) is 23.2 Å². The van der Waals surface area contributed by atoms with E-state index in [1.165, 1.54) is 11.3 Å². The van der Waals surface area contributed by atoms with Gasteiger partial charge in [0, 0.05) is 10.0 Å². The zero-order chi connectivity index (χ0) is 11.7. The smallest absolute Gasteiger partial charge is 0.0990 e. The minimum absolute atomic E-state index is 0.0706. The Bertz CT molecular complexity index is 510. The number of alkyl halides is 1. The van der Waals surface area contributed by atoms with Crippen molar-refractivity contribution in [1.29, 1.82) is 0 Å². The molecule has 84 valence electrons. The van der Waals surface area contributed by atoms with Crippen LogP contribution in [0, 0.1) is 0 Å². The van der Waals surface area contributed by atoms with Crippen molar-refractivity contribution in [3.63, 3.8) is 0 Å². The molecule has 0 radical (unpaired) electrons. The van der Waals surface area contributed by atoms with E-state index in [2.05, 4.69) is 37.9 Å². The summed E-state index contributed by atoms with van der Waals surface area (Å²) in [6, 6.07) is 9.99. The van der Waals surface area contributed by atoms with Crippen LogP contribution in [-0.2, 0) is 0 Å². The molecule has 0 N–H and O–H groups in total. The predicted octanol–water partition coefficient (Wildman–Crippen LogP) is 6.30. The Labute approximate surface area is 125 Å². The van der Waals surface area contributed by atoms with Crippen molar-refractivity contribution < 1.29 is 0 Å². The van der Waals surface area contributed by atoms with E-state index >= 15 is 0 Å². The van der Waals surface area contributed by atoms with Gasteiger partial charge < -0.3 is 0 Å². The Balaban J connectivity index is 2.38. The molecule has 0 saturated carbocycles. The molecule has 2 rings (SSSR count). The first-order valence-corrected chi connectivity index (χ1v) is 7.70. The summed E-state index contributed by atoms with van der Waals surface area (Å²) in [7, 11) is 0. The van der Waals surface area contributed by atoms with Crippen molar-refractivity contribution in [3.8, 4) is 0 Å². The van der Waals surface area contributed by atoms with E-state index in [0.29, 0.717) is 4.34 Å². The molecule has 0 aliphatic carbocycles. The molecule has 0 saturated heterocycles. The molecule has 0 aliphatic rings. The predicted molar refractivity (Wildman–Crippen MR) is 79.3 cm³/mol. The zero-order valence-electron chi connectivity index (χ0n) is 7.88. The van der Waals surface area contributed by atoms with Crippen LogP contribution in [0.2, 0.25) is 8.67 Å². The van der Waals surface area contributed by atoms with Gasteiger partial charge in [-0.15, -0.1) is 11.3 Å². The molecule has 16 heavy (non-hydrogen) atoms. The molecule has 0 spiro atoms. The molecule has 0 fully saturated rings. The molecule has 1 aromatic carbocycles. The second-order valence-electron chi connectivity index (χ2n) is 3.20. The highest BCUT2D eigenvalue weighted by atomic mass is 79.9. The van der Waals surface area contributed by atoms with E-state index in [9.17, 15) is 0 Å². The summed E-state index contributed by atoms with van der Waals surface area (Å²) in [6.45, 7) is 0. The summed E-state index contributed by atoms with van der Waals surface area (Å²) in [5.41, 5.74) is 2.15. The fraction of sp³-hybridized carbons (Fsp3) is 0.0909. The molecule has 2 aromatic rings. The molecule has 1 unspecified atom stereocenters. The fourth-order valence-corrected chi connectivity index (χ4v) is 4.25. The largest absolute Gasteiger partial charge is 0.111 e. The van der Waals surface area contributed by atoms with Gasteiger partial charge in [0.25, 0.3) is 0 Å². The van der Waals surface area contributed by atoms with Crippen molar-refractivity contribution in [2.75, 3.05) is 0 Å². The third-order valence-corrected chi connectivity index (χ3v) is 5.13. The van der Waals surface area contributed by atoms with Crippen LogP contribution in [-0.4, -0.2) is 0 Å². The van der Waals surface area contributed by atoms with Crippen LogP contribution < -0.4 is 0 Å². The summed E-state index contributed by atoms with van der Waals surface area (Å²) < 4.78 is 2.48. The van der Waals surface area contributed by atoms with Crippen molar-refractivity contribution in [1.82, 2.24) is 0 Å². The molecular formula is C11H6Br2Cl2S. The maximum absolute atomic E-state index is 6.12. The van der Waals surface area contributed by atoms with Gasteiger partial charge in [-0.05, 0) is 23.8 Å². The molecule has 0 nitrogen and oxygen atoms in total. The first-order chi connectivity index (χ1) is 7.58. The topological polar surface area (TPSA) is 0 Å². The van der Waals surface area contributed by atoms with Gasteiger partial charge in [-0.1, -0.05) is 67.2 Å². The summed E-state index contributed by atoms with van der Waals surface area (Å²) >= 11 is 20.5. The molecule has 0 aliphatic heterocycles. The number of hydrogen-bond acceptors (Lipinski definition) is 1. The minimum Gasteiger partial charge on any atom is -0.111 e. The summed E-state index contributed by atoms with van der Waals surface area (Å²) in [5.74, 6) is 0. The van der Waals surface area contributed by atoms with Gasteiger partial charge >= 0.3 is 0 Å². The first kappa shape index (κ1) is 12.9. The monoisotopic (exact) mass is 398 g/mol. The molecule has 1 aromatic heterocycles. The van der Waals surface area contributed by atoms with Crippen molar-refractivity contribution >= 4 is 66.4 Å². The highest BCUT2D eigenvalue weighted by Gasteiger charge is 2.16. The minimum atomic E-state index is 0.0706. The third-order valence-electron chi connectivity index (χ3n) is 2.10. The lowest BCUT2D eigenvalue weighted by atomic mass is 10.1. The average Bonchev–Trinajstić information content (AvgIpc) is 2.57. The van der Waals surface area contributed by atoms with E-state index in [0.717, 1.165) is 19.9 Å². The first-order valence-electron chi connectivity index (χ1n) is 4.42. The van der Waals surface area contributed by atoms with E-state index in [1.807, 2.05) is 24.3 Å². The van der Waals surface area contributed by atoms with Crippen molar-refractivity contribution in [3.05, 3.63) is 54.6 Å². The van der Waals surface area contributed by atoms with Gasteiger partial charge in [0.2, 0.25) is 0 Å². The van der Waals surface area contributed by atoms with Crippen molar-refractivity contribution in [2.24, 2.45) is 0 Å². The number of benzene rings is 1. The molecule has 1 atom stereocenters. The Morgan fingerprint density at radius 3 is 2.50 bits per heavy atom. The maximum atomic E-state index is 6.12. The molecule has 0 bridgehead atoms. The standard InChI is InChI=1S/C11H6Br2Cl2S/c12-7-3-1-2-6(4-7)10(13)8-5-9(14)16-11(8)15/h1-5,10H. The van der Waals surface area contributed by atoms with Crippen LogP contribution >= 0.6 is 66.4 Å². The number of thiophene rings is 1.